The molecule has 0 saturated heterocycles. The summed E-state index contributed by atoms with van der Waals surface area (Å²) in [4.78, 5) is 19.5. The maximum Gasteiger partial charge on any atom is 0.293 e. The van der Waals surface area contributed by atoms with Gasteiger partial charge in [-0.05, 0) is 42.9 Å². The molecule has 0 saturated carbocycles. The molecule has 1 aromatic heterocycles. The maximum absolute atomic E-state index is 13.2. The van der Waals surface area contributed by atoms with E-state index in [1.165, 1.54) is 11.1 Å². The zero-order valence-electron chi connectivity index (χ0n) is 18.9. The average Bonchev–Trinajstić information content (AvgIpc) is 3.17. The molecule has 0 unspecified atom stereocenters. The van der Waals surface area contributed by atoms with Crippen molar-refractivity contribution in [2.45, 2.75) is 39.5 Å². The third kappa shape index (κ3) is 5.79. The molecule has 6 nitrogen and oxygen atoms in total. The minimum atomic E-state index is -0.158. The summed E-state index contributed by atoms with van der Waals surface area (Å²) in [6.07, 6.45) is 1.79. The van der Waals surface area contributed by atoms with Crippen LogP contribution in [0, 0.1) is 6.92 Å². The lowest BCUT2D eigenvalue weighted by atomic mass is 10.0. The van der Waals surface area contributed by atoms with E-state index in [1.807, 2.05) is 43.3 Å². The quantitative estimate of drug-likeness (QED) is 0.487. The molecule has 0 aliphatic carbocycles. The summed E-state index contributed by atoms with van der Waals surface area (Å²) >= 11 is 0. The first kappa shape index (κ1) is 22.7. The van der Waals surface area contributed by atoms with Crippen molar-refractivity contribution in [2.24, 2.45) is 0 Å². The minimum absolute atomic E-state index is 0.158. The number of rotatable bonds is 10. The summed E-state index contributed by atoms with van der Waals surface area (Å²) in [6, 6.07) is 18.4. The molecule has 0 N–H and O–H groups in total. The monoisotopic (exact) mass is 420 g/mol. The van der Waals surface area contributed by atoms with Gasteiger partial charge in [0.15, 0.2) is 0 Å². The second kappa shape index (κ2) is 10.9. The molecule has 1 heterocycles. The van der Waals surface area contributed by atoms with Gasteiger partial charge in [0.1, 0.15) is 5.82 Å². The second-order valence-corrected chi connectivity index (χ2v) is 7.98. The van der Waals surface area contributed by atoms with Crippen LogP contribution in [-0.4, -0.2) is 52.4 Å². The Kier molecular flexibility index (Phi) is 7.95. The van der Waals surface area contributed by atoms with E-state index < -0.39 is 0 Å². The van der Waals surface area contributed by atoms with Gasteiger partial charge in [-0.25, -0.2) is 9.67 Å². The summed E-state index contributed by atoms with van der Waals surface area (Å²) in [5, 5.41) is 4.59. The van der Waals surface area contributed by atoms with Crippen LogP contribution in [0.3, 0.4) is 0 Å². The Morgan fingerprint density at radius 2 is 1.77 bits per heavy atom. The molecule has 3 aromatic rings. The van der Waals surface area contributed by atoms with Crippen molar-refractivity contribution in [2.75, 3.05) is 26.8 Å². The topological polar surface area (TPSA) is 60.2 Å². The van der Waals surface area contributed by atoms with Crippen molar-refractivity contribution in [3.8, 4) is 5.69 Å². The molecule has 31 heavy (non-hydrogen) atoms. The molecule has 0 radical (unpaired) electrons. The van der Waals surface area contributed by atoms with Crippen LogP contribution in [0.4, 0.5) is 0 Å². The number of hydrogen-bond donors (Lipinski definition) is 0. The van der Waals surface area contributed by atoms with Crippen LogP contribution in [0.15, 0.2) is 54.6 Å². The normalized spacial score (nSPS) is 11.1. The highest BCUT2D eigenvalue weighted by atomic mass is 16.5. The van der Waals surface area contributed by atoms with Gasteiger partial charge in [-0.1, -0.05) is 62.4 Å². The summed E-state index contributed by atoms with van der Waals surface area (Å²) in [6.45, 7) is 7.81. The summed E-state index contributed by atoms with van der Waals surface area (Å²) in [5.41, 5.74) is 3.41. The highest BCUT2D eigenvalue weighted by Gasteiger charge is 2.22. The standard InChI is InChI=1S/C25H32N4O2/c1-19(2)22-14-8-9-15-23(22)29-20(3)26-24(27-29)25(30)28(17-18-31-4)16-10-13-21-11-6-5-7-12-21/h5-9,11-12,14-15,19H,10,13,16-18H2,1-4H3. The number of methoxy groups -OCH3 is 1. The highest BCUT2D eigenvalue weighted by Crippen LogP contribution is 2.23. The minimum Gasteiger partial charge on any atom is -0.383 e. The largest absolute Gasteiger partial charge is 0.383 e. The fraction of sp³-hybridized carbons (Fsp3) is 0.400. The summed E-state index contributed by atoms with van der Waals surface area (Å²) in [5.74, 6) is 1.11. The molecule has 0 aliphatic heterocycles. The molecule has 0 aliphatic rings. The van der Waals surface area contributed by atoms with E-state index >= 15 is 0 Å². The van der Waals surface area contributed by atoms with Gasteiger partial charge in [-0.3, -0.25) is 4.79 Å². The molecule has 1 amide bonds. The third-order valence-electron chi connectivity index (χ3n) is 5.34. The number of carbonyl (C=O) groups excluding carboxylic acids is 1. The number of carbonyl (C=O) groups is 1. The first-order chi connectivity index (χ1) is 15.0. The first-order valence-electron chi connectivity index (χ1n) is 10.9. The van der Waals surface area contributed by atoms with Crippen LogP contribution >= 0.6 is 0 Å². The molecule has 0 spiro atoms. The number of amides is 1. The van der Waals surface area contributed by atoms with Crippen LogP contribution in [0.5, 0.6) is 0 Å². The Balaban J connectivity index is 1.77. The second-order valence-electron chi connectivity index (χ2n) is 7.98. The van der Waals surface area contributed by atoms with E-state index in [9.17, 15) is 4.79 Å². The number of aromatic nitrogens is 3. The van der Waals surface area contributed by atoms with Gasteiger partial charge in [-0.2, -0.15) is 0 Å². The fourth-order valence-electron chi connectivity index (χ4n) is 3.65. The zero-order valence-corrected chi connectivity index (χ0v) is 18.9. The number of hydrogen-bond acceptors (Lipinski definition) is 4. The van der Waals surface area contributed by atoms with Crippen LogP contribution in [0.2, 0.25) is 0 Å². The molecule has 164 valence electrons. The first-order valence-corrected chi connectivity index (χ1v) is 10.9. The van der Waals surface area contributed by atoms with Gasteiger partial charge >= 0.3 is 0 Å². The lowest BCUT2D eigenvalue weighted by Crippen LogP contribution is -2.35. The third-order valence-corrected chi connectivity index (χ3v) is 5.34. The molecule has 0 atom stereocenters. The van der Waals surface area contributed by atoms with Gasteiger partial charge in [0.25, 0.3) is 5.91 Å². The van der Waals surface area contributed by atoms with Crippen LogP contribution in [-0.2, 0) is 11.2 Å². The van der Waals surface area contributed by atoms with E-state index in [0.717, 1.165) is 18.5 Å². The molecular formula is C25H32N4O2. The van der Waals surface area contributed by atoms with Crippen molar-refractivity contribution in [1.29, 1.82) is 0 Å². The molecular weight excluding hydrogens is 388 g/mol. The Morgan fingerprint density at radius 3 is 2.48 bits per heavy atom. The number of aryl methyl sites for hydroxylation is 2. The Morgan fingerprint density at radius 1 is 1.06 bits per heavy atom. The predicted octanol–water partition coefficient (Wildman–Crippen LogP) is 4.42. The van der Waals surface area contributed by atoms with Crippen molar-refractivity contribution >= 4 is 5.91 Å². The SMILES string of the molecule is COCCN(CCCc1ccccc1)C(=O)c1nc(C)n(-c2ccccc2C(C)C)n1. The van der Waals surface area contributed by atoms with Crippen LogP contribution < -0.4 is 0 Å². The van der Waals surface area contributed by atoms with Gasteiger partial charge < -0.3 is 9.64 Å². The van der Waals surface area contributed by atoms with Crippen LogP contribution in [0.25, 0.3) is 5.69 Å². The Bertz CT molecular complexity index is 982. The van der Waals surface area contributed by atoms with Gasteiger partial charge in [0, 0.05) is 20.2 Å². The van der Waals surface area contributed by atoms with E-state index in [2.05, 4.69) is 42.1 Å². The lowest BCUT2D eigenvalue weighted by molar-refractivity contribution is 0.0681. The van der Waals surface area contributed by atoms with Crippen molar-refractivity contribution in [3.05, 3.63) is 77.4 Å². The molecule has 2 aromatic carbocycles. The molecule has 0 bridgehead atoms. The Hall–Kier alpha value is -2.99. The fourth-order valence-corrected chi connectivity index (χ4v) is 3.65. The number of ether oxygens (including phenoxy) is 1. The van der Waals surface area contributed by atoms with Gasteiger partial charge in [-0.15, -0.1) is 5.10 Å². The smallest absolute Gasteiger partial charge is 0.293 e. The Labute approximate surface area is 184 Å². The number of benzene rings is 2. The summed E-state index contributed by atoms with van der Waals surface area (Å²) < 4.78 is 7.00. The van der Waals surface area contributed by atoms with E-state index in [4.69, 9.17) is 4.74 Å². The van der Waals surface area contributed by atoms with E-state index in [0.29, 0.717) is 31.4 Å². The highest BCUT2D eigenvalue weighted by molar-refractivity contribution is 5.90. The molecule has 0 fully saturated rings. The zero-order chi connectivity index (χ0) is 22.2. The molecule has 6 heteroatoms. The number of nitrogens with zero attached hydrogens (tertiary/aromatic N) is 4. The average molecular weight is 421 g/mol. The lowest BCUT2D eigenvalue weighted by Gasteiger charge is -2.21. The van der Waals surface area contributed by atoms with Crippen LogP contribution in [0.1, 0.15) is 53.8 Å². The van der Waals surface area contributed by atoms with Crippen molar-refractivity contribution < 1.29 is 9.53 Å². The number of para-hydroxylation sites is 1. The molecule has 3 rings (SSSR count). The van der Waals surface area contributed by atoms with E-state index in [-0.39, 0.29) is 11.7 Å². The summed E-state index contributed by atoms with van der Waals surface area (Å²) in [7, 11) is 1.65. The van der Waals surface area contributed by atoms with Gasteiger partial charge in [0.2, 0.25) is 5.82 Å². The maximum atomic E-state index is 13.2. The van der Waals surface area contributed by atoms with Crippen molar-refractivity contribution in [3.63, 3.8) is 0 Å². The predicted molar refractivity (Wildman–Crippen MR) is 123 cm³/mol. The van der Waals surface area contributed by atoms with E-state index in [1.54, 1.807) is 16.7 Å². The van der Waals surface area contributed by atoms with Crippen molar-refractivity contribution in [1.82, 2.24) is 19.7 Å². The van der Waals surface area contributed by atoms with Gasteiger partial charge in [0.05, 0.1) is 12.3 Å².